The summed E-state index contributed by atoms with van der Waals surface area (Å²) in [5.74, 6) is 0.632. The first-order valence-corrected chi connectivity index (χ1v) is 4.89. The smallest absolute Gasteiger partial charge is 0.158 e. The van der Waals surface area contributed by atoms with Gasteiger partial charge >= 0.3 is 0 Å². The van der Waals surface area contributed by atoms with E-state index in [0.29, 0.717) is 12.3 Å². The van der Waals surface area contributed by atoms with Crippen molar-refractivity contribution in [2.24, 2.45) is 5.92 Å². The maximum absolute atomic E-state index is 11.3. The van der Waals surface area contributed by atoms with Crippen molar-refractivity contribution >= 4 is 5.78 Å². The van der Waals surface area contributed by atoms with Gasteiger partial charge in [0.2, 0.25) is 0 Å². The lowest BCUT2D eigenvalue weighted by Crippen LogP contribution is -2.16. The van der Waals surface area contributed by atoms with Gasteiger partial charge in [-0.2, -0.15) is 0 Å². The summed E-state index contributed by atoms with van der Waals surface area (Å²) in [6, 6.07) is 0. The number of carbonyl (C=O) groups excluding carboxylic acids is 1. The van der Waals surface area contributed by atoms with Crippen LogP contribution in [0.1, 0.15) is 26.7 Å². The summed E-state index contributed by atoms with van der Waals surface area (Å²) in [7, 11) is 0. The van der Waals surface area contributed by atoms with Gasteiger partial charge < -0.3 is 9.47 Å². The van der Waals surface area contributed by atoms with Crippen LogP contribution in [0.3, 0.4) is 0 Å². The van der Waals surface area contributed by atoms with Gasteiger partial charge in [-0.1, -0.05) is 0 Å². The van der Waals surface area contributed by atoms with Crippen LogP contribution in [0.4, 0.5) is 0 Å². The van der Waals surface area contributed by atoms with Crippen molar-refractivity contribution in [1.82, 2.24) is 0 Å². The Hall–Kier alpha value is -0.410. The molecule has 0 bridgehead atoms. The maximum Gasteiger partial charge on any atom is 0.158 e. The average Bonchev–Trinajstić information content (AvgIpc) is 2.53. The molecule has 0 amide bonds. The van der Waals surface area contributed by atoms with Crippen LogP contribution in [0.5, 0.6) is 0 Å². The van der Waals surface area contributed by atoms with Gasteiger partial charge in [0.05, 0.1) is 6.10 Å². The second-order valence-electron chi connectivity index (χ2n) is 3.83. The molecule has 13 heavy (non-hydrogen) atoms. The van der Waals surface area contributed by atoms with Crippen molar-refractivity contribution in [1.29, 1.82) is 0 Å². The van der Waals surface area contributed by atoms with Gasteiger partial charge in [-0.3, -0.25) is 4.79 Å². The standard InChI is InChI=1S/C10H18O3/c1-8(2)13-7-10(11)5-9-3-4-12-6-9/h8-9H,3-7H2,1-2H3. The molecule has 0 spiro atoms. The van der Waals surface area contributed by atoms with E-state index in [4.69, 9.17) is 9.47 Å². The molecular weight excluding hydrogens is 168 g/mol. The summed E-state index contributed by atoms with van der Waals surface area (Å²) in [5.41, 5.74) is 0. The van der Waals surface area contributed by atoms with Crippen molar-refractivity contribution in [2.75, 3.05) is 19.8 Å². The molecule has 76 valence electrons. The van der Waals surface area contributed by atoms with Crippen LogP contribution in [0, 0.1) is 5.92 Å². The Labute approximate surface area is 79.4 Å². The molecule has 0 aromatic heterocycles. The molecule has 1 saturated heterocycles. The SMILES string of the molecule is CC(C)OCC(=O)CC1CCOC1. The molecular formula is C10H18O3. The Morgan fingerprint density at radius 3 is 2.92 bits per heavy atom. The highest BCUT2D eigenvalue weighted by Gasteiger charge is 2.18. The average molecular weight is 186 g/mol. The number of ketones is 1. The summed E-state index contributed by atoms with van der Waals surface area (Å²) in [6.07, 6.45) is 1.78. The Kier molecular flexibility index (Phi) is 4.39. The van der Waals surface area contributed by atoms with Crippen molar-refractivity contribution in [3.63, 3.8) is 0 Å². The van der Waals surface area contributed by atoms with E-state index in [2.05, 4.69) is 0 Å². The predicted molar refractivity (Wildman–Crippen MR) is 49.6 cm³/mol. The quantitative estimate of drug-likeness (QED) is 0.651. The molecule has 0 saturated carbocycles. The summed E-state index contributed by atoms with van der Waals surface area (Å²) in [5, 5.41) is 0. The minimum absolute atomic E-state index is 0.142. The molecule has 1 aliphatic rings. The van der Waals surface area contributed by atoms with E-state index in [1.54, 1.807) is 0 Å². The normalized spacial score (nSPS) is 22.5. The van der Waals surface area contributed by atoms with E-state index < -0.39 is 0 Å². The van der Waals surface area contributed by atoms with Gasteiger partial charge in [0.25, 0.3) is 0 Å². The van der Waals surface area contributed by atoms with Gasteiger partial charge in [-0.15, -0.1) is 0 Å². The zero-order valence-electron chi connectivity index (χ0n) is 8.41. The van der Waals surface area contributed by atoms with Crippen LogP contribution in [-0.2, 0) is 14.3 Å². The third-order valence-electron chi connectivity index (χ3n) is 2.12. The summed E-state index contributed by atoms with van der Waals surface area (Å²) in [6.45, 7) is 5.68. The third-order valence-corrected chi connectivity index (χ3v) is 2.12. The van der Waals surface area contributed by atoms with Gasteiger partial charge in [0.15, 0.2) is 5.78 Å². The zero-order chi connectivity index (χ0) is 9.68. The van der Waals surface area contributed by atoms with E-state index in [1.165, 1.54) is 0 Å². The highest BCUT2D eigenvalue weighted by atomic mass is 16.5. The van der Waals surface area contributed by atoms with E-state index in [0.717, 1.165) is 19.6 Å². The van der Waals surface area contributed by atoms with Gasteiger partial charge in [-0.25, -0.2) is 0 Å². The number of Topliss-reactive ketones (excluding diaryl/α,β-unsaturated/α-hetero) is 1. The van der Waals surface area contributed by atoms with Crippen molar-refractivity contribution in [2.45, 2.75) is 32.8 Å². The first-order chi connectivity index (χ1) is 6.18. The molecule has 1 unspecified atom stereocenters. The van der Waals surface area contributed by atoms with E-state index in [-0.39, 0.29) is 18.5 Å². The molecule has 1 heterocycles. The topological polar surface area (TPSA) is 35.5 Å². The number of carbonyl (C=O) groups is 1. The van der Waals surface area contributed by atoms with E-state index >= 15 is 0 Å². The molecule has 0 aromatic carbocycles. The molecule has 0 aromatic rings. The molecule has 0 radical (unpaired) electrons. The molecule has 3 heteroatoms. The fourth-order valence-corrected chi connectivity index (χ4v) is 1.38. The fourth-order valence-electron chi connectivity index (χ4n) is 1.38. The minimum atomic E-state index is 0.142. The lowest BCUT2D eigenvalue weighted by molar-refractivity contribution is -0.125. The summed E-state index contributed by atoms with van der Waals surface area (Å²) >= 11 is 0. The van der Waals surface area contributed by atoms with Crippen LogP contribution in [0.25, 0.3) is 0 Å². The molecule has 0 aliphatic carbocycles. The van der Waals surface area contributed by atoms with Crippen molar-refractivity contribution in [3.05, 3.63) is 0 Å². The Balaban J connectivity index is 2.09. The second kappa shape index (κ2) is 5.35. The molecule has 1 atom stereocenters. The first kappa shape index (κ1) is 10.7. The van der Waals surface area contributed by atoms with Crippen molar-refractivity contribution in [3.8, 4) is 0 Å². The van der Waals surface area contributed by atoms with E-state index in [9.17, 15) is 4.79 Å². The first-order valence-electron chi connectivity index (χ1n) is 4.89. The second-order valence-corrected chi connectivity index (χ2v) is 3.83. The lowest BCUT2D eigenvalue weighted by Gasteiger charge is -2.08. The fraction of sp³-hybridized carbons (Fsp3) is 0.900. The summed E-state index contributed by atoms with van der Waals surface area (Å²) in [4.78, 5) is 11.3. The Bertz CT molecular complexity index is 160. The van der Waals surface area contributed by atoms with Gasteiger partial charge in [-0.05, 0) is 26.2 Å². The lowest BCUT2D eigenvalue weighted by atomic mass is 10.0. The number of hydrogen-bond donors (Lipinski definition) is 0. The van der Waals surface area contributed by atoms with Gasteiger partial charge in [0, 0.05) is 19.6 Å². The molecule has 3 nitrogen and oxygen atoms in total. The van der Waals surface area contributed by atoms with Crippen LogP contribution >= 0.6 is 0 Å². The predicted octanol–water partition coefficient (Wildman–Crippen LogP) is 1.41. The van der Waals surface area contributed by atoms with E-state index in [1.807, 2.05) is 13.8 Å². The zero-order valence-corrected chi connectivity index (χ0v) is 8.41. The molecule has 1 aliphatic heterocycles. The number of ether oxygens (including phenoxy) is 2. The van der Waals surface area contributed by atoms with Crippen LogP contribution in [0.15, 0.2) is 0 Å². The van der Waals surface area contributed by atoms with Crippen LogP contribution in [-0.4, -0.2) is 31.7 Å². The number of rotatable bonds is 5. The molecule has 0 N–H and O–H groups in total. The highest BCUT2D eigenvalue weighted by molar-refractivity contribution is 5.79. The van der Waals surface area contributed by atoms with Crippen LogP contribution in [0.2, 0.25) is 0 Å². The Morgan fingerprint density at radius 2 is 2.38 bits per heavy atom. The monoisotopic (exact) mass is 186 g/mol. The van der Waals surface area contributed by atoms with Crippen molar-refractivity contribution < 1.29 is 14.3 Å². The molecule has 1 rings (SSSR count). The molecule has 1 fully saturated rings. The largest absolute Gasteiger partial charge is 0.381 e. The van der Waals surface area contributed by atoms with Gasteiger partial charge in [0.1, 0.15) is 6.61 Å². The number of hydrogen-bond acceptors (Lipinski definition) is 3. The van der Waals surface area contributed by atoms with Crippen LogP contribution < -0.4 is 0 Å². The third kappa shape index (κ3) is 4.39. The summed E-state index contributed by atoms with van der Waals surface area (Å²) < 4.78 is 10.4. The maximum atomic E-state index is 11.3. The Morgan fingerprint density at radius 1 is 1.62 bits per heavy atom. The highest BCUT2D eigenvalue weighted by Crippen LogP contribution is 2.16. The minimum Gasteiger partial charge on any atom is -0.381 e.